The Kier molecular flexibility index (Phi) is 6.44. The van der Waals surface area contributed by atoms with Crippen LogP contribution < -0.4 is 20.1 Å². The highest BCUT2D eigenvalue weighted by atomic mass is 16.5. The van der Waals surface area contributed by atoms with Crippen molar-refractivity contribution in [2.75, 3.05) is 25.5 Å². The first-order chi connectivity index (χ1) is 12.7. The van der Waals surface area contributed by atoms with Gasteiger partial charge in [-0.3, -0.25) is 4.79 Å². The molecule has 0 spiro atoms. The summed E-state index contributed by atoms with van der Waals surface area (Å²) in [5.41, 5.74) is 0.683. The smallest absolute Gasteiger partial charge is 0.224 e. The summed E-state index contributed by atoms with van der Waals surface area (Å²) >= 11 is 0. The van der Waals surface area contributed by atoms with E-state index in [-0.39, 0.29) is 5.91 Å². The second kappa shape index (κ2) is 9.20. The number of anilines is 1. The molecule has 6 nitrogen and oxygen atoms in total. The predicted molar refractivity (Wildman–Crippen MR) is 101 cm³/mol. The highest BCUT2D eigenvalue weighted by Crippen LogP contribution is 2.23. The van der Waals surface area contributed by atoms with Gasteiger partial charge in [-0.15, -0.1) is 0 Å². The number of carbonyl (C=O) groups is 1. The second-order valence-electron chi connectivity index (χ2n) is 6.44. The van der Waals surface area contributed by atoms with Crippen molar-refractivity contribution in [2.45, 2.75) is 25.7 Å². The van der Waals surface area contributed by atoms with Gasteiger partial charge in [0, 0.05) is 12.5 Å². The molecule has 2 heterocycles. The fourth-order valence-electron chi connectivity index (χ4n) is 3.01. The lowest BCUT2D eigenvalue weighted by Crippen LogP contribution is -2.28. The zero-order chi connectivity index (χ0) is 18.2. The Hall–Kier alpha value is -2.60. The topological polar surface area (TPSA) is 72.5 Å². The standard InChI is InChI=1S/C20H25N3O3/c1-25-17-4-6-18(7-5-17)26-20-9-3-16(14-22-20)23-19(24)8-2-15-10-12-21-13-11-15/h3-7,9,14-15,21H,2,8,10-13H2,1H3,(H,23,24). The molecule has 26 heavy (non-hydrogen) atoms. The highest BCUT2D eigenvalue weighted by molar-refractivity contribution is 5.90. The maximum atomic E-state index is 12.1. The van der Waals surface area contributed by atoms with Crippen LogP contribution in [0.15, 0.2) is 42.6 Å². The minimum Gasteiger partial charge on any atom is -0.497 e. The summed E-state index contributed by atoms with van der Waals surface area (Å²) in [6, 6.07) is 10.8. The molecule has 138 valence electrons. The van der Waals surface area contributed by atoms with Crippen LogP contribution >= 0.6 is 0 Å². The number of piperidine rings is 1. The normalized spacial score (nSPS) is 14.7. The fourth-order valence-corrected chi connectivity index (χ4v) is 3.01. The molecule has 1 fully saturated rings. The summed E-state index contributed by atoms with van der Waals surface area (Å²) in [5.74, 6) is 2.61. The van der Waals surface area contributed by atoms with Crippen molar-refractivity contribution < 1.29 is 14.3 Å². The molecule has 0 aliphatic carbocycles. The van der Waals surface area contributed by atoms with Crippen molar-refractivity contribution in [1.29, 1.82) is 0 Å². The zero-order valence-electron chi connectivity index (χ0n) is 15.0. The average Bonchev–Trinajstić information content (AvgIpc) is 2.69. The minimum atomic E-state index is 0.0363. The van der Waals surface area contributed by atoms with Gasteiger partial charge >= 0.3 is 0 Å². The van der Waals surface area contributed by atoms with E-state index in [1.54, 1.807) is 25.4 Å². The van der Waals surface area contributed by atoms with Crippen LogP contribution in [0.5, 0.6) is 17.4 Å². The number of methoxy groups -OCH3 is 1. The van der Waals surface area contributed by atoms with Gasteiger partial charge in [-0.25, -0.2) is 4.98 Å². The molecule has 0 radical (unpaired) electrons. The Bertz CT molecular complexity index is 695. The van der Waals surface area contributed by atoms with E-state index in [0.717, 1.165) is 38.1 Å². The molecule has 1 aliphatic heterocycles. The van der Waals surface area contributed by atoms with Crippen LogP contribution in [0.1, 0.15) is 25.7 Å². The molecular formula is C20H25N3O3. The number of nitrogens with zero attached hydrogens (tertiary/aromatic N) is 1. The summed E-state index contributed by atoms with van der Waals surface area (Å²) < 4.78 is 10.8. The van der Waals surface area contributed by atoms with Crippen LogP contribution in [0.4, 0.5) is 5.69 Å². The van der Waals surface area contributed by atoms with Crippen molar-refractivity contribution in [2.24, 2.45) is 5.92 Å². The van der Waals surface area contributed by atoms with Crippen LogP contribution in [0, 0.1) is 5.92 Å². The van der Waals surface area contributed by atoms with Gasteiger partial charge in [0.05, 0.1) is 19.0 Å². The van der Waals surface area contributed by atoms with E-state index < -0.39 is 0 Å². The number of hydrogen-bond acceptors (Lipinski definition) is 5. The van der Waals surface area contributed by atoms with Gasteiger partial charge in [-0.05, 0) is 68.6 Å². The first-order valence-corrected chi connectivity index (χ1v) is 9.01. The van der Waals surface area contributed by atoms with E-state index in [4.69, 9.17) is 9.47 Å². The van der Waals surface area contributed by atoms with Gasteiger partial charge in [0.15, 0.2) is 0 Å². The Labute approximate surface area is 153 Å². The van der Waals surface area contributed by atoms with Gasteiger partial charge < -0.3 is 20.1 Å². The number of pyridine rings is 1. The summed E-state index contributed by atoms with van der Waals surface area (Å²) in [6.07, 6.45) is 5.42. The maximum absolute atomic E-state index is 12.1. The number of ether oxygens (including phenoxy) is 2. The summed E-state index contributed by atoms with van der Waals surface area (Å²) in [6.45, 7) is 2.12. The number of nitrogens with one attached hydrogen (secondary N) is 2. The Morgan fingerprint density at radius 3 is 2.54 bits per heavy atom. The van der Waals surface area contributed by atoms with Crippen molar-refractivity contribution in [3.8, 4) is 17.4 Å². The molecule has 1 aromatic heterocycles. The Morgan fingerprint density at radius 1 is 1.15 bits per heavy atom. The Balaban J connectivity index is 1.46. The molecule has 1 amide bonds. The van der Waals surface area contributed by atoms with Crippen LogP contribution in [0.3, 0.4) is 0 Å². The van der Waals surface area contributed by atoms with E-state index in [9.17, 15) is 4.79 Å². The third kappa shape index (κ3) is 5.46. The molecule has 2 aromatic rings. The zero-order valence-corrected chi connectivity index (χ0v) is 15.0. The molecule has 2 N–H and O–H groups in total. The van der Waals surface area contributed by atoms with Gasteiger partial charge in [0.2, 0.25) is 11.8 Å². The number of carbonyl (C=O) groups excluding carboxylic acids is 1. The molecule has 1 saturated heterocycles. The monoisotopic (exact) mass is 355 g/mol. The molecule has 0 saturated carbocycles. The number of benzene rings is 1. The van der Waals surface area contributed by atoms with Gasteiger partial charge in [-0.2, -0.15) is 0 Å². The average molecular weight is 355 g/mol. The molecule has 0 bridgehead atoms. The van der Waals surface area contributed by atoms with E-state index in [0.29, 0.717) is 29.7 Å². The summed E-state index contributed by atoms with van der Waals surface area (Å²) in [5, 5.41) is 6.24. The van der Waals surface area contributed by atoms with Crippen molar-refractivity contribution in [1.82, 2.24) is 10.3 Å². The predicted octanol–water partition coefficient (Wildman–Crippen LogP) is 3.60. The third-order valence-electron chi connectivity index (χ3n) is 4.54. The van der Waals surface area contributed by atoms with Crippen LogP contribution in [0.2, 0.25) is 0 Å². The lowest BCUT2D eigenvalue weighted by molar-refractivity contribution is -0.116. The number of aromatic nitrogens is 1. The van der Waals surface area contributed by atoms with Gasteiger partial charge in [0.25, 0.3) is 0 Å². The van der Waals surface area contributed by atoms with Crippen LogP contribution in [-0.4, -0.2) is 31.1 Å². The molecule has 0 atom stereocenters. The van der Waals surface area contributed by atoms with Crippen molar-refractivity contribution in [3.05, 3.63) is 42.6 Å². The summed E-state index contributed by atoms with van der Waals surface area (Å²) in [7, 11) is 1.62. The lowest BCUT2D eigenvalue weighted by Gasteiger charge is -2.22. The molecule has 0 unspecified atom stereocenters. The first-order valence-electron chi connectivity index (χ1n) is 9.01. The first kappa shape index (κ1) is 18.2. The van der Waals surface area contributed by atoms with Crippen molar-refractivity contribution in [3.63, 3.8) is 0 Å². The summed E-state index contributed by atoms with van der Waals surface area (Å²) in [4.78, 5) is 16.3. The minimum absolute atomic E-state index is 0.0363. The highest BCUT2D eigenvalue weighted by Gasteiger charge is 2.14. The molecular weight excluding hydrogens is 330 g/mol. The number of amides is 1. The number of hydrogen-bond donors (Lipinski definition) is 2. The van der Waals surface area contributed by atoms with Crippen LogP contribution in [0.25, 0.3) is 0 Å². The lowest BCUT2D eigenvalue weighted by atomic mass is 9.93. The van der Waals surface area contributed by atoms with Crippen molar-refractivity contribution >= 4 is 11.6 Å². The largest absolute Gasteiger partial charge is 0.497 e. The SMILES string of the molecule is COc1ccc(Oc2ccc(NC(=O)CCC3CCNCC3)cn2)cc1. The quantitative estimate of drug-likeness (QED) is 0.794. The van der Waals surface area contributed by atoms with E-state index >= 15 is 0 Å². The fraction of sp³-hybridized carbons (Fsp3) is 0.400. The van der Waals surface area contributed by atoms with Gasteiger partial charge in [0.1, 0.15) is 11.5 Å². The molecule has 6 heteroatoms. The van der Waals surface area contributed by atoms with E-state index in [1.807, 2.05) is 24.3 Å². The van der Waals surface area contributed by atoms with E-state index in [2.05, 4.69) is 15.6 Å². The third-order valence-corrected chi connectivity index (χ3v) is 4.54. The Morgan fingerprint density at radius 2 is 1.88 bits per heavy atom. The van der Waals surface area contributed by atoms with Crippen LogP contribution in [-0.2, 0) is 4.79 Å². The molecule has 1 aromatic carbocycles. The molecule has 3 rings (SSSR count). The molecule has 1 aliphatic rings. The van der Waals surface area contributed by atoms with Gasteiger partial charge in [-0.1, -0.05) is 0 Å². The van der Waals surface area contributed by atoms with E-state index in [1.165, 1.54) is 0 Å². The number of rotatable bonds is 7. The second-order valence-corrected chi connectivity index (χ2v) is 6.44. The maximum Gasteiger partial charge on any atom is 0.224 e.